The summed E-state index contributed by atoms with van der Waals surface area (Å²) < 4.78 is 20.7. The summed E-state index contributed by atoms with van der Waals surface area (Å²) in [5.74, 6) is 0. The molecule has 0 fully saturated rings. The largest absolute Gasteiger partial charge is 0.318 e. The average molecular weight is 195 g/mol. The molecule has 0 saturated heterocycles. The second-order valence-corrected chi connectivity index (χ2v) is 4.44. The Balaban J connectivity index is 3.27. The van der Waals surface area contributed by atoms with Crippen molar-refractivity contribution in [1.29, 1.82) is 0 Å². The van der Waals surface area contributed by atoms with E-state index in [4.69, 9.17) is 6.57 Å². The van der Waals surface area contributed by atoms with Crippen LogP contribution in [-0.4, -0.2) is 14.3 Å². The number of hydrogen-bond acceptors (Lipinski definition) is 1. The molecule has 0 bridgehead atoms. The highest BCUT2D eigenvalue weighted by atomic mass is 32.2. The van der Waals surface area contributed by atoms with Gasteiger partial charge in [0.15, 0.2) is 0 Å². The first-order valence-electron chi connectivity index (χ1n) is 3.59. The van der Waals surface area contributed by atoms with Gasteiger partial charge in [0, 0.05) is 4.90 Å². The summed E-state index contributed by atoms with van der Waals surface area (Å²) in [6, 6.07) is 6.59. The summed E-state index contributed by atoms with van der Waals surface area (Å²) in [5.41, 5.74) is 1.75. The zero-order chi connectivity index (χ0) is 9.90. The van der Waals surface area contributed by atoms with Gasteiger partial charge in [0.05, 0.1) is 6.57 Å². The Morgan fingerprint density at radius 1 is 1.46 bits per heavy atom. The highest BCUT2D eigenvalue weighted by Crippen LogP contribution is 2.09. The van der Waals surface area contributed by atoms with Gasteiger partial charge in [-0.3, -0.25) is 0 Å². The van der Waals surface area contributed by atoms with Gasteiger partial charge in [0.25, 0.3) is 0 Å². The highest BCUT2D eigenvalue weighted by Gasteiger charge is 2.04. The summed E-state index contributed by atoms with van der Waals surface area (Å²) in [4.78, 5) is 3.08. The fraction of sp³-hybridized carbons (Fsp3) is 0.111. The van der Waals surface area contributed by atoms with Crippen LogP contribution >= 0.6 is 0 Å². The van der Waals surface area contributed by atoms with E-state index in [0.29, 0.717) is 0 Å². The molecule has 0 aliphatic carbocycles. The number of rotatable bonds is 1. The molecule has 1 aromatic carbocycles. The fourth-order valence-corrected chi connectivity index (χ4v) is 1.66. The minimum Gasteiger partial charge on any atom is -0.318 e. The average Bonchev–Trinajstić information content (AvgIpc) is 2.05. The Morgan fingerprint density at radius 3 is 2.46 bits per heavy atom. The third kappa shape index (κ3) is 2.31. The molecular formula is C9H9NO2S. The predicted molar refractivity (Wildman–Crippen MR) is 52.9 cm³/mol. The van der Waals surface area contributed by atoms with E-state index in [1.54, 1.807) is 24.3 Å². The lowest BCUT2D eigenvalue weighted by molar-refractivity contribution is 0.560. The molecule has 1 atom stereocenters. The number of nitrogens with zero attached hydrogens (tertiary/aromatic N) is 1. The summed E-state index contributed by atoms with van der Waals surface area (Å²) in [5, 5.41) is 0. The first-order valence-corrected chi connectivity index (χ1v) is 5.17. The molecule has 0 radical (unpaired) electrons. The Kier molecular flexibility index (Phi) is 2.71. The topological polar surface area (TPSA) is 41.7 Å². The lowest BCUT2D eigenvalue weighted by atomic mass is 10.2. The molecule has 0 amide bonds. The van der Waals surface area contributed by atoms with Crippen molar-refractivity contribution in [3.8, 4) is 0 Å². The molecule has 1 rings (SSSR count). The van der Waals surface area contributed by atoms with Gasteiger partial charge in [-0.2, -0.15) is 0 Å². The van der Waals surface area contributed by atoms with Gasteiger partial charge >= 0.3 is 0 Å². The molecule has 0 spiro atoms. The van der Waals surface area contributed by atoms with Crippen molar-refractivity contribution in [3.05, 3.63) is 41.2 Å². The van der Waals surface area contributed by atoms with E-state index in [-0.39, 0.29) is 4.90 Å². The van der Waals surface area contributed by atoms with Crippen molar-refractivity contribution in [1.82, 2.24) is 0 Å². The zero-order valence-corrected chi connectivity index (χ0v) is 7.91. The van der Waals surface area contributed by atoms with Gasteiger partial charge in [-0.1, -0.05) is 17.7 Å². The maximum Gasteiger partial charge on any atom is 0.235 e. The number of benzene rings is 1. The van der Waals surface area contributed by atoms with Crippen molar-refractivity contribution in [2.45, 2.75) is 11.8 Å². The van der Waals surface area contributed by atoms with Crippen molar-refractivity contribution in [3.63, 3.8) is 0 Å². The first-order chi connectivity index (χ1) is 6.06. The van der Waals surface area contributed by atoms with Crippen LogP contribution in [0.15, 0.2) is 29.2 Å². The second-order valence-electron chi connectivity index (χ2n) is 2.62. The van der Waals surface area contributed by atoms with E-state index in [2.05, 4.69) is 4.85 Å². The van der Waals surface area contributed by atoms with Gasteiger partial charge in [0.1, 0.15) is 9.80 Å². The summed E-state index contributed by atoms with van der Waals surface area (Å²) >= 11 is 0. The summed E-state index contributed by atoms with van der Waals surface area (Å²) in [7, 11) is -3.26. The molecule has 0 aromatic heterocycles. The molecule has 3 nitrogen and oxygen atoms in total. The molecule has 68 valence electrons. The Morgan fingerprint density at radius 2 is 2.00 bits per heavy atom. The monoisotopic (exact) mass is 195 g/mol. The first kappa shape index (κ1) is 9.78. The van der Waals surface area contributed by atoms with Gasteiger partial charge < -0.3 is 4.55 Å². The summed E-state index contributed by atoms with van der Waals surface area (Å²) in [6.07, 6.45) is 0. The maximum absolute atomic E-state index is 11.4. The Labute approximate surface area is 77.7 Å². The van der Waals surface area contributed by atoms with E-state index < -0.39 is 9.80 Å². The van der Waals surface area contributed by atoms with Crippen LogP contribution in [0.2, 0.25) is 0 Å². The van der Waals surface area contributed by atoms with E-state index in [1.165, 1.54) is 0 Å². The van der Waals surface area contributed by atoms with Crippen molar-refractivity contribution < 1.29 is 8.76 Å². The zero-order valence-electron chi connectivity index (χ0n) is 7.10. The summed E-state index contributed by atoms with van der Waals surface area (Å²) in [6.45, 7) is 8.37. The van der Waals surface area contributed by atoms with E-state index in [1.807, 2.05) is 6.92 Å². The Bertz CT molecular complexity index is 447. The quantitative estimate of drug-likeness (QED) is 0.548. The van der Waals surface area contributed by atoms with Crippen LogP contribution in [0.5, 0.6) is 0 Å². The van der Waals surface area contributed by atoms with Gasteiger partial charge in [0.2, 0.25) is 5.49 Å². The highest BCUT2D eigenvalue weighted by molar-refractivity contribution is 7.96. The van der Waals surface area contributed by atoms with Gasteiger partial charge in [-0.15, -0.1) is 0 Å². The minimum absolute atomic E-state index is 0.272. The predicted octanol–water partition coefficient (Wildman–Crippen LogP) is 1.79. The molecule has 1 aromatic rings. The molecule has 1 unspecified atom stereocenters. The third-order valence-corrected chi connectivity index (χ3v) is 2.89. The van der Waals surface area contributed by atoms with Crippen LogP contribution < -0.4 is 0 Å². The van der Waals surface area contributed by atoms with Crippen LogP contribution in [0.4, 0.5) is 0 Å². The molecule has 1 N–H and O–H groups in total. The van der Waals surface area contributed by atoms with Gasteiger partial charge in [-0.25, -0.2) is 9.05 Å². The molecule has 0 saturated carbocycles. The smallest absolute Gasteiger partial charge is 0.235 e. The molecule has 0 heterocycles. The Hall–Kier alpha value is -1.31. The minimum atomic E-state index is -3.26. The van der Waals surface area contributed by atoms with Crippen LogP contribution in [0.3, 0.4) is 0 Å². The fourth-order valence-electron chi connectivity index (χ4n) is 0.866. The van der Waals surface area contributed by atoms with Crippen LogP contribution in [0, 0.1) is 13.5 Å². The lowest BCUT2D eigenvalue weighted by Crippen LogP contribution is -2.00. The molecule has 4 heteroatoms. The molecule has 0 aliphatic heterocycles. The standard InChI is InChI=1S/C9H9NO2S/c1-8-3-5-9(6-4-8)13(11,12)7-10-2/h3-7H,1H3,(H,11,12). The van der Waals surface area contributed by atoms with E-state index in [0.717, 1.165) is 11.1 Å². The van der Waals surface area contributed by atoms with E-state index in [9.17, 15) is 8.76 Å². The second kappa shape index (κ2) is 3.60. The van der Waals surface area contributed by atoms with Crippen molar-refractivity contribution >= 4 is 15.3 Å². The van der Waals surface area contributed by atoms with Crippen LogP contribution in [0.1, 0.15) is 5.56 Å². The molecular weight excluding hydrogens is 186 g/mol. The number of hydrogen-bond donors (Lipinski definition) is 1. The normalized spacial score (nSPS) is 14.2. The SMILES string of the molecule is [C-]#[N+]C=S(=O)(O)c1ccc(C)cc1. The van der Waals surface area contributed by atoms with Gasteiger partial charge in [-0.05, 0) is 19.1 Å². The number of aryl methyl sites for hydroxylation is 1. The van der Waals surface area contributed by atoms with Crippen LogP contribution in [0.25, 0.3) is 4.85 Å². The van der Waals surface area contributed by atoms with Crippen molar-refractivity contribution in [2.75, 3.05) is 0 Å². The van der Waals surface area contributed by atoms with E-state index >= 15 is 0 Å². The van der Waals surface area contributed by atoms with Crippen molar-refractivity contribution in [2.24, 2.45) is 0 Å². The molecule has 13 heavy (non-hydrogen) atoms. The molecule has 0 aliphatic rings. The maximum atomic E-state index is 11.4. The third-order valence-electron chi connectivity index (χ3n) is 1.55. The van der Waals surface area contributed by atoms with Crippen LogP contribution in [-0.2, 0) is 9.80 Å². The lowest BCUT2D eigenvalue weighted by Gasteiger charge is -2.01.